The molecule has 2 rings (SSSR count). The number of hydrogen-bond acceptors (Lipinski definition) is 5. The van der Waals surface area contributed by atoms with Gasteiger partial charge in [0.15, 0.2) is 0 Å². The van der Waals surface area contributed by atoms with Gasteiger partial charge in [-0.1, -0.05) is 54.7 Å². The van der Waals surface area contributed by atoms with Crippen LogP contribution in [0.4, 0.5) is 5.69 Å². The summed E-state index contributed by atoms with van der Waals surface area (Å²) in [6.07, 6.45) is 3.11. The number of rotatable bonds is 15. The first-order valence-corrected chi connectivity index (χ1v) is 15.3. The number of sulfonamides is 1. The number of para-hydroxylation sites is 2. The number of amides is 2. The summed E-state index contributed by atoms with van der Waals surface area (Å²) in [7, 11) is -3.65. The van der Waals surface area contributed by atoms with Crippen molar-refractivity contribution in [3.05, 3.63) is 58.1 Å². The molecule has 1 atom stereocenters. The molecule has 2 aromatic rings. The van der Waals surface area contributed by atoms with Crippen molar-refractivity contribution in [3.8, 4) is 5.75 Å². The van der Waals surface area contributed by atoms with Crippen LogP contribution in [0.3, 0.4) is 0 Å². The van der Waals surface area contributed by atoms with E-state index in [-0.39, 0.29) is 37.7 Å². The van der Waals surface area contributed by atoms with E-state index in [1.807, 2.05) is 13.8 Å². The second kappa shape index (κ2) is 15.2. The van der Waals surface area contributed by atoms with Crippen LogP contribution < -0.4 is 14.4 Å². The standard InChI is InChI=1S/C27H37Cl2N3O5S/c1-5-7-17-30-27(34)20(3)31(19-21-22(28)12-10-13-23(21)29)26(33)16-11-18-32(38(4,35)36)24-14-8-9-15-25(24)37-6-2/h8-10,12-15,20H,5-7,11,16-19H2,1-4H3,(H,30,34)/t20-/m0/s1. The molecule has 1 N–H and O–H groups in total. The number of hydrogen-bond donors (Lipinski definition) is 1. The number of carbonyl (C=O) groups is 2. The lowest BCUT2D eigenvalue weighted by atomic mass is 10.1. The second-order valence-electron chi connectivity index (χ2n) is 8.88. The highest BCUT2D eigenvalue weighted by Gasteiger charge is 2.28. The Kier molecular flexibility index (Phi) is 12.7. The van der Waals surface area contributed by atoms with Crippen molar-refractivity contribution in [1.29, 1.82) is 0 Å². The van der Waals surface area contributed by atoms with Gasteiger partial charge in [0.25, 0.3) is 0 Å². The Balaban J connectivity index is 2.24. The molecular formula is C27H37Cl2N3O5S. The summed E-state index contributed by atoms with van der Waals surface area (Å²) in [4.78, 5) is 27.7. The minimum atomic E-state index is -3.65. The Hall–Kier alpha value is -2.49. The van der Waals surface area contributed by atoms with Crippen molar-refractivity contribution in [2.24, 2.45) is 0 Å². The Labute approximate surface area is 236 Å². The molecule has 0 aliphatic carbocycles. The quantitative estimate of drug-likeness (QED) is 0.287. The molecule has 0 radical (unpaired) electrons. The van der Waals surface area contributed by atoms with E-state index in [0.717, 1.165) is 19.1 Å². The van der Waals surface area contributed by atoms with Gasteiger partial charge >= 0.3 is 0 Å². The molecule has 0 heterocycles. The van der Waals surface area contributed by atoms with Gasteiger partial charge in [-0.15, -0.1) is 0 Å². The lowest BCUT2D eigenvalue weighted by Crippen LogP contribution is -2.48. The fourth-order valence-corrected chi connectivity index (χ4v) is 5.38. The molecule has 0 bridgehead atoms. The molecule has 38 heavy (non-hydrogen) atoms. The predicted octanol–water partition coefficient (Wildman–Crippen LogP) is 5.27. The maximum absolute atomic E-state index is 13.5. The van der Waals surface area contributed by atoms with E-state index in [1.165, 1.54) is 9.21 Å². The SMILES string of the molecule is CCCCNC(=O)[C@H](C)N(Cc1c(Cl)cccc1Cl)C(=O)CCCN(c1ccccc1OCC)S(C)(=O)=O. The lowest BCUT2D eigenvalue weighted by Gasteiger charge is -2.30. The first-order valence-electron chi connectivity index (χ1n) is 12.7. The van der Waals surface area contributed by atoms with Crippen LogP contribution >= 0.6 is 23.2 Å². The van der Waals surface area contributed by atoms with Gasteiger partial charge in [0.2, 0.25) is 21.8 Å². The van der Waals surface area contributed by atoms with Gasteiger partial charge in [-0.05, 0) is 51.0 Å². The maximum Gasteiger partial charge on any atom is 0.242 e. The summed E-state index contributed by atoms with van der Waals surface area (Å²) in [6, 6.07) is 11.2. The molecule has 0 saturated heterocycles. The van der Waals surface area contributed by atoms with Crippen LogP contribution in [0.25, 0.3) is 0 Å². The number of carbonyl (C=O) groups excluding carboxylic acids is 2. The van der Waals surface area contributed by atoms with Crippen LogP contribution in [0.5, 0.6) is 5.75 Å². The lowest BCUT2D eigenvalue weighted by molar-refractivity contribution is -0.140. The topological polar surface area (TPSA) is 96.0 Å². The van der Waals surface area contributed by atoms with Crippen molar-refractivity contribution < 1.29 is 22.7 Å². The molecule has 0 spiro atoms. The summed E-state index contributed by atoms with van der Waals surface area (Å²) in [6.45, 7) is 6.50. The molecule has 0 unspecified atom stereocenters. The van der Waals surface area contributed by atoms with Crippen molar-refractivity contribution >= 4 is 50.7 Å². The third-order valence-corrected chi connectivity index (χ3v) is 7.86. The highest BCUT2D eigenvalue weighted by atomic mass is 35.5. The van der Waals surface area contributed by atoms with Gasteiger partial charge in [0, 0.05) is 41.7 Å². The number of benzene rings is 2. The van der Waals surface area contributed by atoms with Gasteiger partial charge in [-0.3, -0.25) is 13.9 Å². The van der Waals surface area contributed by atoms with E-state index < -0.39 is 16.1 Å². The van der Waals surface area contributed by atoms with Gasteiger partial charge in [-0.25, -0.2) is 8.42 Å². The average molecular weight is 587 g/mol. The smallest absolute Gasteiger partial charge is 0.242 e. The molecule has 0 aliphatic heterocycles. The fourth-order valence-electron chi connectivity index (χ4n) is 3.90. The van der Waals surface area contributed by atoms with E-state index >= 15 is 0 Å². The minimum absolute atomic E-state index is 0.0114. The first kappa shape index (κ1) is 31.7. The van der Waals surface area contributed by atoms with E-state index in [1.54, 1.807) is 49.4 Å². The summed E-state index contributed by atoms with van der Waals surface area (Å²) in [5, 5.41) is 3.65. The van der Waals surface area contributed by atoms with Crippen LogP contribution in [0.2, 0.25) is 10.0 Å². The van der Waals surface area contributed by atoms with Crippen molar-refractivity contribution in [2.45, 2.75) is 59.0 Å². The Morgan fingerprint density at radius 2 is 1.68 bits per heavy atom. The number of nitrogens with zero attached hydrogens (tertiary/aromatic N) is 2. The molecule has 0 aromatic heterocycles. The average Bonchev–Trinajstić information content (AvgIpc) is 2.86. The van der Waals surface area contributed by atoms with Crippen LogP contribution in [0.15, 0.2) is 42.5 Å². The second-order valence-corrected chi connectivity index (χ2v) is 11.6. The zero-order chi connectivity index (χ0) is 28.3. The van der Waals surface area contributed by atoms with Crippen LogP contribution in [0.1, 0.15) is 52.0 Å². The summed E-state index contributed by atoms with van der Waals surface area (Å²) >= 11 is 12.7. The molecule has 11 heteroatoms. The number of anilines is 1. The van der Waals surface area contributed by atoms with Crippen molar-refractivity contribution in [3.63, 3.8) is 0 Å². The number of unbranched alkanes of at least 4 members (excludes halogenated alkanes) is 1. The first-order chi connectivity index (χ1) is 18.0. The van der Waals surface area contributed by atoms with Gasteiger partial charge in [0.05, 0.1) is 18.6 Å². The minimum Gasteiger partial charge on any atom is -0.492 e. The Bertz CT molecular complexity index is 1170. The monoisotopic (exact) mass is 585 g/mol. The summed E-state index contributed by atoms with van der Waals surface area (Å²) < 4.78 is 32.1. The number of nitrogens with one attached hydrogen (secondary N) is 1. The molecule has 0 saturated carbocycles. The number of ether oxygens (including phenoxy) is 1. The summed E-state index contributed by atoms with van der Waals surface area (Å²) in [5.41, 5.74) is 0.952. The molecule has 2 aromatic carbocycles. The highest BCUT2D eigenvalue weighted by molar-refractivity contribution is 7.92. The van der Waals surface area contributed by atoms with Crippen LogP contribution in [-0.4, -0.2) is 57.1 Å². The third kappa shape index (κ3) is 9.06. The van der Waals surface area contributed by atoms with Gasteiger partial charge < -0.3 is 15.0 Å². The molecular weight excluding hydrogens is 549 g/mol. The van der Waals surface area contributed by atoms with E-state index in [9.17, 15) is 18.0 Å². The Morgan fingerprint density at radius 3 is 2.29 bits per heavy atom. The normalized spacial score (nSPS) is 12.1. The fraction of sp³-hybridized carbons (Fsp3) is 0.481. The van der Waals surface area contributed by atoms with Crippen LogP contribution in [-0.2, 0) is 26.2 Å². The molecule has 8 nitrogen and oxygen atoms in total. The largest absolute Gasteiger partial charge is 0.492 e. The highest BCUT2D eigenvalue weighted by Crippen LogP contribution is 2.31. The third-order valence-electron chi connectivity index (χ3n) is 5.97. The van der Waals surface area contributed by atoms with E-state index in [2.05, 4.69) is 5.32 Å². The zero-order valence-corrected chi connectivity index (χ0v) is 24.7. The molecule has 2 amide bonds. The van der Waals surface area contributed by atoms with Gasteiger partial charge in [-0.2, -0.15) is 0 Å². The zero-order valence-electron chi connectivity index (χ0n) is 22.4. The summed E-state index contributed by atoms with van der Waals surface area (Å²) in [5.74, 6) is -0.150. The van der Waals surface area contributed by atoms with E-state index in [4.69, 9.17) is 27.9 Å². The van der Waals surface area contributed by atoms with E-state index in [0.29, 0.717) is 40.2 Å². The molecule has 210 valence electrons. The molecule has 0 aliphatic rings. The van der Waals surface area contributed by atoms with Crippen molar-refractivity contribution in [1.82, 2.24) is 10.2 Å². The van der Waals surface area contributed by atoms with Gasteiger partial charge in [0.1, 0.15) is 11.8 Å². The maximum atomic E-state index is 13.5. The molecule has 0 fully saturated rings. The predicted molar refractivity (Wildman–Crippen MR) is 153 cm³/mol. The van der Waals surface area contributed by atoms with Crippen molar-refractivity contribution in [2.75, 3.05) is 30.3 Å². The van der Waals surface area contributed by atoms with Crippen LogP contribution in [0, 0.1) is 0 Å². The number of halogens is 2. The Morgan fingerprint density at radius 1 is 1.03 bits per heavy atom.